The van der Waals surface area contributed by atoms with Gasteiger partial charge in [-0.15, -0.1) is 0 Å². The van der Waals surface area contributed by atoms with E-state index in [4.69, 9.17) is 16.3 Å². The molecule has 2 saturated heterocycles. The van der Waals surface area contributed by atoms with E-state index in [-0.39, 0.29) is 24.5 Å². The largest absolute Gasteiger partial charge is 0.492 e. The summed E-state index contributed by atoms with van der Waals surface area (Å²) in [6, 6.07) is 6.25. The second kappa shape index (κ2) is 12.0. The number of rotatable bonds is 15. The van der Waals surface area contributed by atoms with Crippen molar-refractivity contribution in [2.45, 2.75) is 57.4 Å². The summed E-state index contributed by atoms with van der Waals surface area (Å²) in [6.07, 6.45) is 9.27. The molecule has 1 atom stereocenters. The predicted molar refractivity (Wildman–Crippen MR) is 130 cm³/mol. The average molecular weight is 477 g/mol. The Kier molecular flexibility index (Phi) is 8.87. The summed E-state index contributed by atoms with van der Waals surface area (Å²) in [5, 5.41) is 6.78. The summed E-state index contributed by atoms with van der Waals surface area (Å²) in [6.45, 7) is 5.98. The predicted octanol–water partition coefficient (Wildman–Crippen LogP) is 3.97. The van der Waals surface area contributed by atoms with Crippen LogP contribution in [0.3, 0.4) is 0 Å². The maximum absolute atomic E-state index is 11.5. The first-order chi connectivity index (χ1) is 16.1. The summed E-state index contributed by atoms with van der Waals surface area (Å²) in [4.78, 5) is 26.9. The highest BCUT2D eigenvalue weighted by Gasteiger charge is 2.26. The average Bonchev–Trinajstić information content (AvgIpc) is 3.53. The zero-order valence-electron chi connectivity index (χ0n) is 19.5. The standard InChI is InChI=1S/C25H37ClN4O3/c26-21-10-9-20(15-23(21)33-18-19-7-8-19)22(16-29-12-6-13-29)27-11-4-2-1-3-5-14-30-17-24(31)28-25(30)32/h9-10,15,19,22,27H,1-8,11-14,16-18H2,(H,28,31,32)/t22-/m1/s1. The monoisotopic (exact) mass is 476 g/mol. The Morgan fingerprint density at radius 3 is 2.61 bits per heavy atom. The number of benzene rings is 1. The second-order valence-electron chi connectivity index (χ2n) is 9.65. The van der Waals surface area contributed by atoms with Crippen molar-refractivity contribution in [2.75, 3.05) is 45.9 Å². The Labute approximate surface area is 202 Å². The summed E-state index contributed by atoms with van der Waals surface area (Å²) in [7, 11) is 0. The minimum Gasteiger partial charge on any atom is -0.492 e. The number of nitrogens with zero attached hydrogens (tertiary/aromatic N) is 2. The normalized spacial score (nSPS) is 19.5. The van der Waals surface area contributed by atoms with Gasteiger partial charge in [0.25, 0.3) is 0 Å². The van der Waals surface area contributed by atoms with E-state index in [1.165, 1.54) is 37.9 Å². The van der Waals surface area contributed by atoms with Gasteiger partial charge < -0.3 is 19.9 Å². The first-order valence-corrected chi connectivity index (χ1v) is 12.9. The highest BCUT2D eigenvalue weighted by atomic mass is 35.5. The van der Waals surface area contributed by atoms with Gasteiger partial charge in [-0.2, -0.15) is 0 Å². The lowest BCUT2D eigenvalue weighted by molar-refractivity contribution is -0.118. The SMILES string of the molecule is O=C1CN(CCCCCCCN[C@H](CN2CCC2)c2ccc(Cl)c(OCC3CC3)c2)C(=O)N1. The van der Waals surface area contributed by atoms with E-state index >= 15 is 0 Å². The fourth-order valence-corrected chi connectivity index (χ4v) is 4.52. The number of carbonyl (C=O) groups is 2. The summed E-state index contributed by atoms with van der Waals surface area (Å²) in [5.41, 5.74) is 1.25. The molecule has 0 bridgehead atoms. The topological polar surface area (TPSA) is 73.9 Å². The molecule has 3 fully saturated rings. The molecule has 3 aliphatic rings. The van der Waals surface area contributed by atoms with Crippen LogP contribution in [0, 0.1) is 5.92 Å². The van der Waals surface area contributed by atoms with E-state index < -0.39 is 0 Å². The van der Waals surface area contributed by atoms with Crippen LogP contribution in [0.1, 0.15) is 63.0 Å². The Morgan fingerprint density at radius 2 is 1.91 bits per heavy atom. The second-order valence-corrected chi connectivity index (χ2v) is 10.1. The van der Waals surface area contributed by atoms with Crippen LogP contribution in [0.5, 0.6) is 5.75 Å². The van der Waals surface area contributed by atoms with E-state index in [1.54, 1.807) is 4.90 Å². The fourth-order valence-electron chi connectivity index (χ4n) is 4.35. The lowest BCUT2D eigenvalue weighted by Gasteiger charge is -2.34. The number of halogens is 1. The van der Waals surface area contributed by atoms with Crippen molar-refractivity contribution < 1.29 is 14.3 Å². The van der Waals surface area contributed by atoms with Crippen LogP contribution in [-0.4, -0.2) is 67.6 Å². The highest BCUT2D eigenvalue weighted by Crippen LogP contribution is 2.33. The van der Waals surface area contributed by atoms with Gasteiger partial charge >= 0.3 is 6.03 Å². The van der Waals surface area contributed by atoms with Gasteiger partial charge in [0, 0.05) is 19.1 Å². The molecular formula is C25H37ClN4O3. The molecule has 0 unspecified atom stereocenters. The number of urea groups is 1. The number of unbranched alkanes of at least 4 members (excludes halogenated alkanes) is 4. The van der Waals surface area contributed by atoms with E-state index in [9.17, 15) is 9.59 Å². The van der Waals surface area contributed by atoms with Gasteiger partial charge in [-0.05, 0) is 75.4 Å². The number of carbonyl (C=O) groups excluding carboxylic acids is 2. The molecule has 3 amide bonds. The van der Waals surface area contributed by atoms with Crippen LogP contribution < -0.4 is 15.4 Å². The van der Waals surface area contributed by atoms with Crippen LogP contribution in [0.4, 0.5) is 4.79 Å². The van der Waals surface area contributed by atoms with Crippen LogP contribution in [0.2, 0.25) is 5.02 Å². The third-order valence-corrected chi connectivity index (χ3v) is 7.09. The fraction of sp³-hybridized carbons (Fsp3) is 0.680. The number of ether oxygens (including phenoxy) is 1. The molecule has 1 aromatic carbocycles. The molecule has 182 valence electrons. The van der Waals surface area contributed by atoms with Crippen molar-refractivity contribution in [3.63, 3.8) is 0 Å². The van der Waals surface area contributed by atoms with Crippen LogP contribution in [-0.2, 0) is 4.79 Å². The Balaban J connectivity index is 1.17. The molecule has 2 heterocycles. The molecule has 2 aliphatic heterocycles. The Morgan fingerprint density at radius 1 is 1.12 bits per heavy atom. The minimum absolute atomic E-state index is 0.193. The minimum atomic E-state index is -0.249. The number of hydrogen-bond donors (Lipinski definition) is 2. The molecular weight excluding hydrogens is 440 g/mol. The first-order valence-electron chi connectivity index (χ1n) is 12.6. The highest BCUT2D eigenvalue weighted by molar-refractivity contribution is 6.32. The van der Waals surface area contributed by atoms with Gasteiger partial charge in [-0.1, -0.05) is 36.9 Å². The van der Waals surface area contributed by atoms with Gasteiger partial charge in [0.05, 0.1) is 11.6 Å². The molecule has 7 nitrogen and oxygen atoms in total. The van der Waals surface area contributed by atoms with Gasteiger partial charge in [0.15, 0.2) is 0 Å². The lowest BCUT2D eigenvalue weighted by atomic mass is 10.0. The zero-order valence-corrected chi connectivity index (χ0v) is 20.2. The molecule has 1 aliphatic carbocycles. The molecule has 2 N–H and O–H groups in total. The lowest BCUT2D eigenvalue weighted by Crippen LogP contribution is -2.43. The number of hydrogen-bond acceptors (Lipinski definition) is 5. The van der Waals surface area contributed by atoms with E-state index in [0.29, 0.717) is 17.5 Å². The van der Waals surface area contributed by atoms with E-state index in [2.05, 4.69) is 27.7 Å². The number of imide groups is 1. The van der Waals surface area contributed by atoms with E-state index in [1.807, 2.05) is 6.07 Å². The molecule has 4 rings (SSSR count). The van der Waals surface area contributed by atoms with Crippen molar-refractivity contribution in [1.82, 2.24) is 20.4 Å². The Bertz CT molecular complexity index is 813. The van der Waals surface area contributed by atoms with Crippen molar-refractivity contribution in [3.05, 3.63) is 28.8 Å². The molecule has 8 heteroatoms. The quantitative estimate of drug-likeness (QED) is 0.296. The molecule has 33 heavy (non-hydrogen) atoms. The summed E-state index contributed by atoms with van der Waals surface area (Å²) < 4.78 is 6.01. The van der Waals surface area contributed by atoms with Crippen molar-refractivity contribution in [3.8, 4) is 5.75 Å². The summed E-state index contributed by atoms with van der Waals surface area (Å²) >= 11 is 6.40. The zero-order chi connectivity index (χ0) is 23.0. The number of amides is 3. The maximum Gasteiger partial charge on any atom is 0.324 e. The van der Waals surface area contributed by atoms with Crippen molar-refractivity contribution in [1.29, 1.82) is 0 Å². The molecule has 1 saturated carbocycles. The third-order valence-electron chi connectivity index (χ3n) is 6.78. The Hall–Kier alpha value is -1.83. The van der Waals surface area contributed by atoms with Gasteiger partial charge in [0.2, 0.25) is 5.91 Å². The van der Waals surface area contributed by atoms with Gasteiger partial charge in [0.1, 0.15) is 12.3 Å². The van der Waals surface area contributed by atoms with Gasteiger partial charge in [-0.3, -0.25) is 10.1 Å². The molecule has 0 spiro atoms. The van der Waals surface area contributed by atoms with Crippen molar-refractivity contribution >= 4 is 23.5 Å². The molecule has 0 radical (unpaired) electrons. The maximum atomic E-state index is 11.5. The summed E-state index contributed by atoms with van der Waals surface area (Å²) in [5.74, 6) is 1.32. The van der Waals surface area contributed by atoms with E-state index in [0.717, 1.165) is 57.6 Å². The first kappa shape index (κ1) is 24.3. The number of nitrogens with one attached hydrogen (secondary N) is 2. The van der Waals surface area contributed by atoms with Crippen LogP contribution >= 0.6 is 11.6 Å². The van der Waals surface area contributed by atoms with Gasteiger partial charge in [-0.25, -0.2) is 4.79 Å². The van der Waals surface area contributed by atoms with Crippen LogP contribution in [0.15, 0.2) is 18.2 Å². The smallest absolute Gasteiger partial charge is 0.324 e. The number of likely N-dealkylation sites (tertiary alicyclic amines) is 1. The van der Waals surface area contributed by atoms with Crippen LogP contribution in [0.25, 0.3) is 0 Å². The van der Waals surface area contributed by atoms with Crippen molar-refractivity contribution in [2.24, 2.45) is 5.92 Å². The molecule has 1 aromatic rings. The molecule has 0 aromatic heterocycles. The third kappa shape index (κ3) is 7.59.